The molecule has 0 aromatic carbocycles. The Hall–Kier alpha value is -1.84. The van der Waals surface area contributed by atoms with Crippen molar-refractivity contribution in [3.63, 3.8) is 0 Å². The van der Waals surface area contributed by atoms with Crippen molar-refractivity contribution in [2.24, 2.45) is 0 Å². The monoisotopic (exact) mass is 220 g/mol. The van der Waals surface area contributed by atoms with E-state index in [1.165, 1.54) is 12.3 Å². The molecule has 0 spiro atoms. The lowest BCUT2D eigenvalue weighted by molar-refractivity contribution is 0.0728. The Labute approximate surface area is 94.6 Å². The summed E-state index contributed by atoms with van der Waals surface area (Å²) in [5.74, 6) is -0.152. The van der Waals surface area contributed by atoms with Crippen LogP contribution in [0.4, 0.5) is 0 Å². The van der Waals surface area contributed by atoms with Crippen LogP contribution in [-0.4, -0.2) is 28.4 Å². The number of carbonyl (C=O) groups is 1. The van der Waals surface area contributed by atoms with Gasteiger partial charge in [0.1, 0.15) is 0 Å². The fourth-order valence-corrected chi connectivity index (χ4v) is 1.41. The molecule has 0 aliphatic carbocycles. The number of H-pyrrole nitrogens is 1. The lowest BCUT2D eigenvalue weighted by Crippen LogP contribution is -2.37. The third kappa shape index (κ3) is 2.82. The topological polar surface area (TPSA) is 53.2 Å². The van der Waals surface area contributed by atoms with Crippen LogP contribution in [0.25, 0.3) is 0 Å². The summed E-state index contributed by atoms with van der Waals surface area (Å²) in [4.78, 5) is 27.3. The van der Waals surface area contributed by atoms with E-state index in [9.17, 15) is 9.59 Å². The van der Waals surface area contributed by atoms with Gasteiger partial charge in [-0.3, -0.25) is 9.59 Å². The second-order valence-electron chi connectivity index (χ2n) is 3.78. The van der Waals surface area contributed by atoms with Crippen molar-refractivity contribution >= 4 is 5.91 Å². The third-order valence-electron chi connectivity index (χ3n) is 2.23. The van der Waals surface area contributed by atoms with Crippen LogP contribution in [0.1, 0.15) is 24.2 Å². The van der Waals surface area contributed by atoms with Crippen molar-refractivity contribution in [2.75, 3.05) is 6.54 Å². The van der Waals surface area contributed by atoms with Gasteiger partial charge in [0.2, 0.25) is 5.56 Å². The first-order valence-corrected chi connectivity index (χ1v) is 5.17. The molecule has 4 heteroatoms. The zero-order valence-corrected chi connectivity index (χ0v) is 9.56. The maximum absolute atomic E-state index is 12.1. The Morgan fingerprint density at radius 2 is 2.31 bits per heavy atom. The smallest absolute Gasteiger partial charge is 0.254 e. The molecule has 0 saturated heterocycles. The largest absolute Gasteiger partial charge is 0.333 e. The highest BCUT2D eigenvalue weighted by Crippen LogP contribution is 2.06. The average Bonchev–Trinajstić information content (AvgIpc) is 2.24. The van der Waals surface area contributed by atoms with Crippen molar-refractivity contribution in [1.82, 2.24) is 9.88 Å². The van der Waals surface area contributed by atoms with Crippen LogP contribution in [-0.2, 0) is 0 Å². The zero-order valence-electron chi connectivity index (χ0n) is 9.56. The summed E-state index contributed by atoms with van der Waals surface area (Å²) in [5.41, 5.74) is 0.132. The zero-order chi connectivity index (χ0) is 12.1. The van der Waals surface area contributed by atoms with Gasteiger partial charge in [-0.1, -0.05) is 6.08 Å². The summed E-state index contributed by atoms with van der Waals surface area (Å²) < 4.78 is 0. The lowest BCUT2D eigenvalue weighted by atomic mass is 10.2. The molecule has 1 aromatic heterocycles. The van der Waals surface area contributed by atoms with Gasteiger partial charge in [0.05, 0.1) is 0 Å². The number of pyridine rings is 1. The Balaban J connectivity index is 2.98. The first-order chi connectivity index (χ1) is 7.56. The quantitative estimate of drug-likeness (QED) is 0.780. The predicted octanol–water partition coefficient (Wildman–Crippen LogP) is 1.41. The van der Waals surface area contributed by atoms with Gasteiger partial charge in [-0.05, 0) is 19.9 Å². The van der Waals surface area contributed by atoms with Crippen LogP contribution < -0.4 is 5.56 Å². The van der Waals surface area contributed by atoms with Crippen LogP contribution in [0.3, 0.4) is 0 Å². The molecule has 1 N–H and O–H groups in total. The molecule has 0 bridgehead atoms. The number of nitrogens with one attached hydrogen (secondary N) is 1. The highest BCUT2D eigenvalue weighted by molar-refractivity contribution is 5.94. The molecular weight excluding hydrogens is 204 g/mol. The standard InChI is InChI=1S/C12H16N2O2/c1-4-7-14(9(2)3)12(16)10-5-6-13-11(15)8-10/h4-6,8-9H,1,7H2,2-3H3,(H,13,15). The van der Waals surface area contributed by atoms with E-state index in [-0.39, 0.29) is 17.5 Å². The van der Waals surface area contributed by atoms with E-state index in [0.29, 0.717) is 12.1 Å². The van der Waals surface area contributed by atoms with Crippen LogP contribution in [0.15, 0.2) is 35.8 Å². The lowest BCUT2D eigenvalue weighted by Gasteiger charge is -2.25. The van der Waals surface area contributed by atoms with Gasteiger partial charge < -0.3 is 9.88 Å². The number of hydrogen-bond acceptors (Lipinski definition) is 2. The van der Waals surface area contributed by atoms with Gasteiger partial charge >= 0.3 is 0 Å². The summed E-state index contributed by atoms with van der Waals surface area (Å²) in [5, 5.41) is 0. The van der Waals surface area contributed by atoms with Crippen molar-refractivity contribution in [1.29, 1.82) is 0 Å². The maximum Gasteiger partial charge on any atom is 0.254 e. The fourth-order valence-electron chi connectivity index (χ4n) is 1.41. The van der Waals surface area contributed by atoms with E-state index in [1.807, 2.05) is 13.8 Å². The van der Waals surface area contributed by atoms with Gasteiger partial charge in [0.25, 0.3) is 5.91 Å². The molecule has 0 radical (unpaired) electrons. The van der Waals surface area contributed by atoms with Gasteiger partial charge in [0, 0.05) is 30.4 Å². The van der Waals surface area contributed by atoms with E-state index < -0.39 is 0 Å². The normalized spacial score (nSPS) is 10.2. The molecule has 16 heavy (non-hydrogen) atoms. The van der Waals surface area contributed by atoms with Gasteiger partial charge in [0.15, 0.2) is 0 Å². The Kier molecular flexibility index (Phi) is 4.05. The molecular formula is C12H16N2O2. The van der Waals surface area contributed by atoms with E-state index in [0.717, 1.165) is 0 Å². The summed E-state index contributed by atoms with van der Waals surface area (Å²) >= 11 is 0. The molecule has 86 valence electrons. The van der Waals surface area contributed by atoms with Gasteiger partial charge in [-0.25, -0.2) is 0 Å². The predicted molar refractivity (Wildman–Crippen MR) is 63.4 cm³/mol. The van der Waals surface area contributed by atoms with Crippen LogP contribution in [0.2, 0.25) is 0 Å². The Bertz CT molecular complexity index is 435. The summed E-state index contributed by atoms with van der Waals surface area (Å²) in [6, 6.07) is 2.98. The molecule has 4 nitrogen and oxygen atoms in total. The molecule has 0 fully saturated rings. The average molecular weight is 220 g/mol. The SMILES string of the molecule is C=CCN(C(=O)c1cc[nH]c(=O)c1)C(C)C. The third-order valence-corrected chi connectivity index (χ3v) is 2.23. The Morgan fingerprint density at radius 3 is 2.81 bits per heavy atom. The van der Waals surface area contributed by atoms with Crippen molar-refractivity contribution in [3.05, 3.63) is 46.9 Å². The minimum absolute atomic E-state index is 0.0739. The van der Waals surface area contributed by atoms with E-state index >= 15 is 0 Å². The number of rotatable bonds is 4. The molecule has 1 amide bonds. The molecule has 0 atom stereocenters. The number of amides is 1. The number of aromatic amines is 1. The molecule has 0 saturated carbocycles. The van der Waals surface area contributed by atoms with E-state index in [4.69, 9.17) is 0 Å². The fraction of sp³-hybridized carbons (Fsp3) is 0.333. The molecule has 1 heterocycles. The summed E-state index contributed by atoms with van der Waals surface area (Å²) in [6.45, 7) is 7.94. The maximum atomic E-state index is 12.1. The van der Waals surface area contributed by atoms with Crippen LogP contribution >= 0.6 is 0 Å². The van der Waals surface area contributed by atoms with E-state index in [2.05, 4.69) is 11.6 Å². The first-order valence-electron chi connectivity index (χ1n) is 5.17. The second-order valence-corrected chi connectivity index (χ2v) is 3.78. The highest BCUT2D eigenvalue weighted by atomic mass is 16.2. The van der Waals surface area contributed by atoms with Gasteiger partial charge in [-0.2, -0.15) is 0 Å². The number of hydrogen-bond donors (Lipinski definition) is 1. The van der Waals surface area contributed by atoms with Crippen LogP contribution in [0, 0.1) is 0 Å². The number of aromatic nitrogens is 1. The first kappa shape index (κ1) is 12.2. The Morgan fingerprint density at radius 1 is 1.62 bits per heavy atom. The minimum atomic E-state index is -0.270. The van der Waals surface area contributed by atoms with Crippen LogP contribution in [0.5, 0.6) is 0 Å². The van der Waals surface area contributed by atoms with Crippen molar-refractivity contribution < 1.29 is 4.79 Å². The molecule has 0 aliphatic heterocycles. The summed E-state index contributed by atoms with van der Waals surface area (Å²) in [7, 11) is 0. The number of nitrogens with zero attached hydrogens (tertiary/aromatic N) is 1. The van der Waals surface area contributed by atoms with Gasteiger partial charge in [-0.15, -0.1) is 6.58 Å². The molecule has 0 unspecified atom stereocenters. The summed E-state index contributed by atoms with van der Waals surface area (Å²) in [6.07, 6.45) is 3.15. The second kappa shape index (κ2) is 5.30. The minimum Gasteiger partial charge on any atom is -0.333 e. The van der Waals surface area contributed by atoms with Crippen molar-refractivity contribution in [2.45, 2.75) is 19.9 Å². The number of carbonyl (C=O) groups excluding carboxylic acids is 1. The molecule has 1 aromatic rings. The van der Waals surface area contributed by atoms with Crippen molar-refractivity contribution in [3.8, 4) is 0 Å². The molecule has 1 rings (SSSR count). The molecule has 0 aliphatic rings. The highest BCUT2D eigenvalue weighted by Gasteiger charge is 2.17. The van der Waals surface area contributed by atoms with E-state index in [1.54, 1.807) is 17.0 Å².